The van der Waals surface area contributed by atoms with Gasteiger partial charge in [-0.25, -0.2) is 18.0 Å². The van der Waals surface area contributed by atoms with E-state index in [-0.39, 0.29) is 13.0 Å². The van der Waals surface area contributed by atoms with Crippen molar-refractivity contribution >= 4 is 11.9 Å². The molecule has 2 rings (SSSR count). The molecule has 0 aromatic heterocycles. The van der Waals surface area contributed by atoms with Gasteiger partial charge in [-0.1, -0.05) is 0 Å². The summed E-state index contributed by atoms with van der Waals surface area (Å²) in [7, 11) is 0. The average molecular weight is 289 g/mol. The number of likely N-dealkylation sites (tertiary alicyclic amines) is 1. The molecule has 108 valence electrons. The van der Waals surface area contributed by atoms with Gasteiger partial charge in [0.1, 0.15) is 6.04 Å². The number of carbonyl (C=O) groups is 2. The maximum atomic E-state index is 13.5. The predicted molar refractivity (Wildman–Crippen MR) is 59.4 cm³/mol. The van der Waals surface area contributed by atoms with Gasteiger partial charge in [0, 0.05) is 13.0 Å². The van der Waals surface area contributed by atoms with E-state index in [9.17, 15) is 27.9 Å². The molecule has 2 N–H and O–H groups in total. The first-order chi connectivity index (χ1) is 9.32. The number of carbonyl (C=O) groups excluding carboxylic acids is 1. The van der Waals surface area contributed by atoms with Gasteiger partial charge in [0.2, 0.25) is 0 Å². The van der Waals surface area contributed by atoms with Gasteiger partial charge in [0.25, 0.3) is 5.91 Å². The van der Waals surface area contributed by atoms with E-state index in [0.717, 1.165) is 11.0 Å². The van der Waals surface area contributed by atoms with Crippen molar-refractivity contribution in [2.24, 2.45) is 0 Å². The Hall–Kier alpha value is -2.09. The van der Waals surface area contributed by atoms with Crippen LogP contribution in [0.1, 0.15) is 16.8 Å². The van der Waals surface area contributed by atoms with Gasteiger partial charge < -0.3 is 15.1 Å². The molecule has 0 bridgehead atoms. The van der Waals surface area contributed by atoms with Crippen LogP contribution in [0.15, 0.2) is 12.1 Å². The maximum Gasteiger partial charge on any atom is 0.326 e. The van der Waals surface area contributed by atoms with Crippen LogP contribution in [0.25, 0.3) is 0 Å². The van der Waals surface area contributed by atoms with Crippen LogP contribution in [0, 0.1) is 17.5 Å². The van der Waals surface area contributed by atoms with Crippen molar-refractivity contribution in [2.45, 2.75) is 18.6 Å². The van der Waals surface area contributed by atoms with E-state index in [1.54, 1.807) is 0 Å². The van der Waals surface area contributed by atoms with E-state index in [2.05, 4.69) is 0 Å². The molecule has 0 saturated carbocycles. The summed E-state index contributed by atoms with van der Waals surface area (Å²) < 4.78 is 39.4. The van der Waals surface area contributed by atoms with Crippen molar-refractivity contribution in [2.75, 3.05) is 6.54 Å². The van der Waals surface area contributed by atoms with Gasteiger partial charge in [-0.2, -0.15) is 0 Å². The molecule has 1 saturated heterocycles. The molecule has 8 heteroatoms. The number of aliphatic hydroxyl groups is 1. The molecule has 1 aliphatic rings. The zero-order valence-electron chi connectivity index (χ0n) is 10.0. The Bertz CT molecular complexity index is 578. The van der Waals surface area contributed by atoms with Crippen LogP contribution >= 0.6 is 0 Å². The van der Waals surface area contributed by atoms with Gasteiger partial charge >= 0.3 is 5.97 Å². The highest BCUT2D eigenvalue weighted by atomic mass is 19.2. The van der Waals surface area contributed by atoms with Gasteiger partial charge in [0.15, 0.2) is 17.5 Å². The SMILES string of the molecule is O=C(O)[C@@H]1C[C@H](O)CN1C(=O)c1ccc(F)c(F)c1F. The van der Waals surface area contributed by atoms with Crippen LogP contribution in [0.4, 0.5) is 13.2 Å². The highest BCUT2D eigenvalue weighted by Gasteiger charge is 2.40. The molecule has 1 aromatic carbocycles. The summed E-state index contributed by atoms with van der Waals surface area (Å²) in [6.45, 7) is -0.311. The third-order valence-electron chi connectivity index (χ3n) is 3.09. The van der Waals surface area contributed by atoms with E-state index >= 15 is 0 Å². The monoisotopic (exact) mass is 289 g/mol. The maximum absolute atomic E-state index is 13.5. The molecule has 2 atom stereocenters. The number of aliphatic hydroxyl groups excluding tert-OH is 1. The molecule has 20 heavy (non-hydrogen) atoms. The van der Waals surface area contributed by atoms with Gasteiger partial charge in [-0.15, -0.1) is 0 Å². The summed E-state index contributed by atoms with van der Waals surface area (Å²) >= 11 is 0. The number of halogens is 3. The van der Waals surface area contributed by atoms with Crippen molar-refractivity contribution in [3.05, 3.63) is 35.1 Å². The van der Waals surface area contributed by atoms with Crippen LogP contribution in [0.3, 0.4) is 0 Å². The lowest BCUT2D eigenvalue weighted by atomic mass is 10.1. The Morgan fingerprint density at radius 3 is 2.45 bits per heavy atom. The summed E-state index contributed by atoms with van der Waals surface area (Å²) in [5.41, 5.74) is -0.774. The Morgan fingerprint density at radius 1 is 1.20 bits per heavy atom. The molecule has 1 fully saturated rings. The second-order valence-electron chi connectivity index (χ2n) is 4.42. The van der Waals surface area contributed by atoms with Crippen LogP contribution in [-0.4, -0.2) is 45.7 Å². The number of β-amino-alcohol motifs (C(OH)–C–C–N with tert-alkyl or cyclic N) is 1. The normalized spacial score (nSPS) is 22.1. The molecule has 0 spiro atoms. The Labute approximate surface area is 111 Å². The second kappa shape index (κ2) is 5.12. The fourth-order valence-electron chi connectivity index (χ4n) is 2.12. The predicted octanol–water partition coefficient (Wildman–Crippen LogP) is 0.764. The van der Waals surface area contributed by atoms with Crippen LogP contribution in [0.2, 0.25) is 0 Å². The van der Waals surface area contributed by atoms with Crippen molar-refractivity contribution in [1.29, 1.82) is 0 Å². The number of aliphatic carboxylic acids is 1. The molecular weight excluding hydrogens is 279 g/mol. The molecule has 0 unspecified atom stereocenters. The van der Waals surface area contributed by atoms with Crippen LogP contribution < -0.4 is 0 Å². The lowest BCUT2D eigenvalue weighted by Crippen LogP contribution is -2.41. The summed E-state index contributed by atoms with van der Waals surface area (Å²) in [5.74, 6) is -7.40. The number of carboxylic acid groups (broad SMARTS) is 1. The lowest BCUT2D eigenvalue weighted by molar-refractivity contribution is -0.141. The first kappa shape index (κ1) is 14.3. The molecule has 1 amide bonds. The molecule has 0 radical (unpaired) electrons. The second-order valence-corrected chi connectivity index (χ2v) is 4.42. The Morgan fingerprint density at radius 2 is 1.85 bits per heavy atom. The zero-order valence-corrected chi connectivity index (χ0v) is 10.0. The molecule has 1 aliphatic heterocycles. The summed E-state index contributed by atoms with van der Waals surface area (Å²) in [6.07, 6.45) is -1.26. The van der Waals surface area contributed by atoms with E-state index in [4.69, 9.17) is 5.11 Å². The van der Waals surface area contributed by atoms with Crippen LogP contribution in [0.5, 0.6) is 0 Å². The number of amides is 1. The number of nitrogens with zero attached hydrogens (tertiary/aromatic N) is 1. The first-order valence-corrected chi connectivity index (χ1v) is 5.68. The minimum atomic E-state index is -1.80. The van der Waals surface area contributed by atoms with Gasteiger partial charge in [-0.05, 0) is 12.1 Å². The van der Waals surface area contributed by atoms with Gasteiger partial charge in [0.05, 0.1) is 11.7 Å². The molecule has 5 nitrogen and oxygen atoms in total. The molecule has 1 heterocycles. The standard InChI is InChI=1S/C12H10F3NO4/c13-7-2-1-6(9(14)10(7)15)11(18)16-4-5(17)3-8(16)12(19)20/h1-2,5,8,17H,3-4H2,(H,19,20)/t5-,8-/m0/s1. The van der Waals surface area contributed by atoms with E-state index < -0.39 is 47.0 Å². The summed E-state index contributed by atoms with van der Waals surface area (Å²) in [4.78, 5) is 23.7. The summed E-state index contributed by atoms with van der Waals surface area (Å²) in [5, 5.41) is 18.3. The third-order valence-corrected chi connectivity index (χ3v) is 3.09. The fraction of sp³-hybridized carbons (Fsp3) is 0.333. The highest BCUT2D eigenvalue weighted by molar-refractivity contribution is 5.97. The average Bonchev–Trinajstić information content (AvgIpc) is 2.78. The largest absolute Gasteiger partial charge is 0.480 e. The van der Waals surface area contributed by atoms with Crippen molar-refractivity contribution in [3.8, 4) is 0 Å². The van der Waals surface area contributed by atoms with E-state index in [0.29, 0.717) is 6.07 Å². The Balaban J connectivity index is 2.36. The number of carboxylic acids is 1. The smallest absolute Gasteiger partial charge is 0.326 e. The first-order valence-electron chi connectivity index (χ1n) is 5.68. The zero-order chi connectivity index (χ0) is 15.0. The van der Waals surface area contributed by atoms with Crippen molar-refractivity contribution in [3.63, 3.8) is 0 Å². The molecule has 1 aromatic rings. The number of hydrogen-bond acceptors (Lipinski definition) is 3. The quantitative estimate of drug-likeness (QED) is 0.788. The topological polar surface area (TPSA) is 77.8 Å². The van der Waals surface area contributed by atoms with E-state index in [1.165, 1.54) is 0 Å². The number of rotatable bonds is 2. The number of hydrogen-bond donors (Lipinski definition) is 2. The Kier molecular flexibility index (Phi) is 3.67. The van der Waals surface area contributed by atoms with E-state index in [1.807, 2.05) is 0 Å². The minimum Gasteiger partial charge on any atom is -0.480 e. The third kappa shape index (κ3) is 2.34. The molecule has 0 aliphatic carbocycles. The van der Waals surface area contributed by atoms with Crippen molar-refractivity contribution in [1.82, 2.24) is 4.90 Å². The molecular formula is C12H10F3NO4. The minimum absolute atomic E-state index is 0.202. The van der Waals surface area contributed by atoms with Crippen molar-refractivity contribution < 1.29 is 33.0 Å². The van der Waals surface area contributed by atoms with Crippen LogP contribution in [-0.2, 0) is 4.79 Å². The lowest BCUT2D eigenvalue weighted by Gasteiger charge is -2.21. The van der Waals surface area contributed by atoms with Gasteiger partial charge in [-0.3, -0.25) is 4.79 Å². The number of benzene rings is 1. The highest BCUT2D eigenvalue weighted by Crippen LogP contribution is 2.23. The summed E-state index contributed by atoms with van der Waals surface area (Å²) in [6, 6.07) is -0.0156. The fourth-order valence-corrected chi connectivity index (χ4v) is 2.12.